The zero-order valence-electron chi connectivity index (χ0n) is 4.91. The Labute approximate surface area is 40.0 Å². The van der Waals surface area contributed by atoms with Crippen LogP contribution in [0.25, 0.3) is 0 Å². The van der Waals surface area contributed by atoms with E-state index in [9.17, 15) is 0 Å². The fraction of sp³-hybridized carbons (Fsp3) is 1.00. The predicted molar refractivity (Wildman–Crippen MR) is 28.0 cm³/mol. The second-order valence-electron chi connectivity index (χ2n) is 1.66. The topological polar surface area (TPSA) is 4.44 Å². The molecule has 1 nitrogen and oxygen atoms in total. The number of quaternary nitrogens is 1. The molecule has 1 N–H and O–H groups in total. The summed E-state index contributed by atoms with van der Waals surface area (Å²) in [6, 6.07) is 0. The van der Waals surface area contributed by atoms with E-state index >= 15 is 0 Å². The van der Waals surface area contributed by atoms with Gasteiger partial charge in [0, 0.05) is 0 Å². The number of hydrogen-bond acceptors (Lipinski definition) is 0. The van der Waals surface area contributed by atoms with Gasteiger partial charge in [0.1, 0.15) is 0 Å². The van der Waals surface area contributed by atoms with E-state index in [1.165, 1.54) is 13.1 Å². The van der Waals surface area contributed by atoms with Crippen molar-refractivity contribution in [1.82, 2.24) is 0 Å². The van der Waals surface area contributed by atoms with E-state index in [-0.39, 0.29) is 0 Å². The molecule has 0 fully saturated rings. The van der Waals surface area contributed by atoms with Crippen LogP contribution in [0.3, 0.4) is 0 Å². The highest BCUT2D eigenvalue weighted by Gasteiger charge is 1.85. The van der Waals surface area contributed by atoms with Gasteiger partial charge in [-0.3, -0.25) is 0 Å². The van der Waals surface area contributed by atoms with Crippen molar-refractivity contribution in [1.29, 1.82) is 0 Å². The van der Waals surface area contributed by atoms with Gasteiger partial charge in [-0.05, 0) is 13.8 Å². The lowest BCUT2D eigenvalue weighted by Crippen LogP contribution is -3.08. The van der Waals surface area contributed by atoms with Crippen LogP contribution >= 0.6 is 0 Å². The van der Waals surface area contributed by atoms with E-state index in [1.807, 2.05) is 0 Å². The van der Waals surface area contributed by atoms with E-state index in [4.69, 9.17) is 0 Å². The Morgan fingerprint density at radius 2 is 1.50 bits per heavy atom. The molecule has 38 valence electrons. The second-order valence-corrected chi connectivity index (χ2v) is 1.66. The fourth-order valence-electron chi connectivity index (χ4n) is 0.250. The van der Waals surface area contributed by atoms with Crippen molar-refractivity contribution in [3.8, 4) is 0 Å². The van der Waals surface area contributed by atoms with Gasteiger partial charge in [0.05, 0.1) is 20.1 Å². The van der Waals surface area contributed by atoms with Crippen molar-refractivity contribution in [2.24, 2.45) is 0 Å². The smallest absolute Gasteiger partial charge is 0.0740 e. The molecule has 0 aliphatic carbocycles. The first kappa shape index (κ1) is 5.96. The zero-order valence-corrected chi connectivity index (χ0v) is 4.91. The molecule has 0 radical (unpaired) electrons. The van der Waals surface area contributed by atoms with Crippen LogP contribution in [0.1, 0.15) is 13.8 Å². The monoisotopic (exact) mass is 88.1 g/mol. The average molecular weight is 88.2 g/mol. The molecule has 0 unspecified atom stereocenters. The molecule has 1 heteroatoms. The highest BCUT2D eigenvalue weighted by atomic mass is 15.1. The van der Waals surface area contributed by atoms with Crippen LogP contribution in [0.15, 0.2) is 0 Å². The molecule has 0 aromatic carbocycles. The molecule has 0 saturated heterocycles. The third-order valence-electron chi connectivity index (χ3n) is 1.21. The molecule has 0 rings (SSSR count). The van der Waals surface area contributed by atoms with Crippen LogP contribution in [0, 0.1) is 0 Å². The number of rotatable bonds is 2. The zero-order chi connectivity index (χ0) is 4.99. The summed E-state index contributed by atoms with van der Waals surface area (Å²) in [5.41, 5.74) is 0. The summed E-state index contributed by atoms with van der Waals surface area (Å²) in [4.78, 5) is 1.59. The van der Waals surface area contributed by atoms with Crippen LogP contribution in [-0.4, -0.2) is 20.1 Å². The van der Waals surface area contributed by atoms with Crippen molar-refractivity contribution in [2.45, 2.75) is 13.8 Å². The van der Waals surface area contributed by atoms with Crippen LogP contribution in [0.4, 0.5) is 0 Å². The maximum Gasteiger partial charge on any atom is 0.0740 e. The molecular formula is C5H14N+. The SMILES string of the molecule is CC[NH+](C)CC. The molecule has 0 aromatic heterocycles. The highest BCUT2D eigenvalue weighted by Crippen LogP contribution is 1.37. The maximum absolute atomic E-state index is 2.19. The molecule has 0 bridgehead atoms. The van der Waals surface area contributed by atoms with Gasteiger partial charge >= 0.3 is 0 Å². The fourth-order valence-corrected chi connectivity index (χ4v) is 0.250. The van der Waals surface area contributed by atoms with Crippen LogP contribution in [0.5, 0.6) is 0 Å². The lowest BCUT2D eigenvalue weighted by Gasteiger charge is -2.04. The minimum atomic E-state index is 1.25. The molecule has 0 aromatic rings. The van der Waals surface area contributed by atoms with Gasteiger partial charge < -0.3 is 4.90 Å². The highest BCUT2D eigenvalue weighted by molar-refractivity contribution is 4.03. The summed E-state index contributed by atoms with van der Waals surface area (Å²) in [6.07, 6.45) is 0. The molecule has 0 heterocycles. The van der Waals surface area contributed by atoms with Crippen molar-refractivity contribution in [3.63, 3.8) is 0 Å². The number of hydrogen-bond donors (Lipinski definition) is 1. The Morgan fingerprint density at radius 1 is 1.17 bits per heavy atom. The molecule has 0 aliphatic rings. The summed E-state index contributed by atoms with van der Waals surface area (Å²) in [6.45, 7) is 6.88. The molecule has 0 atom stereocenters. The van der Waals surface area contributed by atoms with Gasteiger partial charge in [-0.2, -0.15) is 0 Å². The summed E-state index contributed by atoms with van der Waals surface area (Å²) < 4.78 is 0. The Hall–Kier alpha value is -0.0400. The van der Waals surface area contributed by atoms with Crippen molar-refractivity contribution >= 4 is 0 Å². The predicted octanol–water partition coefficient (Wildman–Crippen LogP) is -0.459. The molecule has 0 amide bonds. The summed E-state index contributed by atoms with van der Waals surface area (Å²) in [7, 11) is 2.19. The minimum Gasteiger partial charge on any atom is -0.338 e. The lowest BCUT2D eigenvalue weighted by atomic mass is 10.6. The van der Waals surface area contributed by atoms with E-state index in [1.54, 1.807) is 4.90 Å². The van der Waals surface area contributed by atoms with Gasteiger partial charge in [-0.15, -0.1) is 0 Å². The van der Waals surface area contributed by atoms with E-state index < -0.39 is 0 Å². The van der Waals surface area contributed by atoms with Crippen LogP contribution < -0.4 is 4.90 Å². The van der Waals surface area contributed by atoms with Gasteiger partial charge in [-0.1, -0.05) is 0 Å². The van der Waals surface area contributed by atoms with E-state index in [0.29, 0.717) is 0 Å². The first-order valence-corrected chi connectivity index (χ1v) is 2.62. The largest absolute Gasteiger partial charge is 0.338 e. The van der Waals surface area contributed by atoms with Gasteiger partial charge in [-0.25, -0.2) is 0 Å². The van der Waals surface area contributed by atoms with E-state index in [0.717, 1.165) is 0 Å². The third-order valence-corrected chi connectivity index (χ3v) is 1.21. The van der Waals surface area contributed by atoms with Crippen LogP contribution in [-0.2, 0) is 0 Å². The molecular weight excluding hydrogens is 74.1 g/mol. The number of nitrogens with one attached hydrogen (secondary N) is 1. The average Bonchev–Trinajstić information content (AvgIpc) is 1.65. The summed E-state index contributed by atoms with van der Waals surface area (Å²) in [5, 5.41) is 0. The summed E-state index contributed by atoms with van der Waals surface area (Å²) >= 11 is 0. The van der Waals surface area contributed by atoms with Gasteiger partial charge in [0.15, 0.2) is 0 Å². The first-order valence-electron chi connectivity index (χ1n) is 2.62. The maximum atomic E-state index is 2.19. The van der Waals surface area contributed by atoms with Crippen molar-refractivity contribution in [2.75, 3.05) is 20.1 Å². The summed E-state index contributed by atoms with van der Waals surface area (Å²) in [5.74, 6) is 0. The molecule has 0 spiro atoms. The van der Waals surface area contributed by atoms with Gasteiger partial charge in [0.2, 0.25) is 0 Å². The molecule has 6 heavy (non-hydrogen) atoms. The normalized spacial score (nSPS) is 10.0. The minimum absolute atomic E-state index is 1.25. The van der Waals surface area contributed by atoms with Gasteiger partial charge in [0.25, 0.3) is 0 Å². The molecule has 0 aliphatic heterocycles. The second kappa shape index (κ2) is 3.16. The van der Waals surface area contributed by atoms with E-state index in [2.05, 4.69) is 20.9 Å². The Bertz CT molecular complexity index is 23.1. The van der Waals surface area contributed by atoms with Crippen LogP contribution in [0.2, 0.25) is 0 Å². The molecule has 0 saturated carbocycles. The first-order chi connectivity index (χ1) is 2.81. The quantitative estimate of drug-likeness (QED) is 0.466. The Balaban J connectivity index is 2.75. The standard InChI is InChI=1S/C5H13N/c1-4-6(3)5-2/h4-5H2,1-3H3/p+1. The third kappa shape index (κ3) is 2.21. The van der Waals surface area contributed by atoms with Crippen molar-refractivity contribution in [3.05, 3.63) is 0 Å². The lowest BCUT2D eigenvalue weighted by molar-refractivity contribution is -0.875. The Morgan fingerprint density at radius 3 is 1.50 bits per heavy atom. The Kier molecular flexibility index (Phi) is 3.14. The van der Waals surface area contributed by atoms with Crippen molar-refractivity contribution < 1.29 is 4.90 Å².